The molecule has 0 bridgehead atoms. The van der Waals surface area contributed by atoms with E-state index in [4.69, 9.17) is 5.11 Å². The molecule has 1 aromatic rings. The summed E-state index contributed by atoms with van der Waals surface area (Å²) < 4.78 is 0. The normalized spacial score (nSPS) is 27.5. The molecule has 0 spiro atoms. The molecule has 1 fully saturated rings. The Morgan fingerprint density at radius 1 is 1.11 bits per heavy atom. The van der Waals surface area contributed by atoms with Crippen molar-refractivity contribution >= 4 is 0 Å². The van der Waals surface area contributed by atoms with Crippen LogP contribution in [0.25, 0.3) is 0 Å². The predicted molar refractivity (Wildman–Crippen MR) is 75.5 cm³/mol. The Bertz CT molecular complexity index is 321. The van der Waals surface area contributed by atoms with Gasteiger partial charge in [-0.1, -0.05) is 45.4 Å². The van der Waals surface area contributed by atoms with Gasteiger partial charge in [0, 0.05) is 0 Å². The summed E-state index contributed by atoms with van der Waals surface area (Å²) in [6.45, 7) is 6.66. The number of aromatic hydroxyl groups is 1. The quantitative estimate of drug-likeness (QED) is 0.795. The first kappa shape index (κ1) is 15.0. The highest BCUT2D eigenvalue weighted by atomic mass is 16.3. The van der Waals surface area contributed by atoms with Gasteiger partial charge in [0.1, 0.15) is 5.75 Å². The first-order valence-electron chi connectivity index (χ1n) is 6.92. The minimum atomic E-state index is -0.0289. The third-order valence-corrected chi connectivity index (χ3v) is 3.74. The lowest BCUT2D eigenvalue weighted by molar-refractivity contribution is 0.0266. The molecular formula is C16H26O2. The molecule has 2 heteroatoms. The number of hydrogen-bond acceptors (Lipinski definition) is 2. The van der Waals surface area contributed by atoms with E-state index in [9.17, 15) is 5.11 Å². The number of phenols is 1. The third kappa shape index (κ3) is 5.09. The van der Waals surface area contributed by atoms with E-state index in [-0.39, 0.29) is 6.10 Å². The SMILES string of the molecule is CC1CCC(C(C)C)C(O)C1.Oc1ccccc1. The van der Waals surface area contributed by atoms with Gasteiger partial charge in [-0.15, -0.1) is 0 Å². The van der Waals surface area contributed by atoms with Crippen LogP contribution in [0.4, 0.5) is 0 Å². The molecule has 3 unspecified atom stereocenters. The highest BCUT2D eigenvalue weighted by Gasteiger charge is 2.28. The lowest BCUT2D eigenvalue weighted by Gasteiger charge is -2.33. The Balaban J connectivity index is 0.000000199. The Morgan fingerprint density at radius 3 is 2.11 bits per heavy atom. The van der Waals surface area contributed by atoms with Crippen molar-refractivity contribution in [1.82, 2.24) is 0 Å². The Hall–Kier alpha value is -1.02. The molecule has 1 saturated carbocycles. The fourth-order valence-corrected chi connectivity index (χ4v) is 2.58. The number of benzene rings is 1. The number of hydrogen-bond donors (Lipinski definition) is 2. The molecule has 0 heterocycles. The molecule has 0 aliphatic heterocycles. The van der Waals surface area contributed by atoms with Gasteiger partial charge in [-0.05, 0) is 42.7 Å². The van der Waals surface area contributed by atoms with Crippen molar-refractivity contribution in [2.45, 2.75) is 46.1 Å². The minimum absolute atomic E-state index is 0.0289. The number of aliphatic hydroxyl groups excluding tert-OH is 1. The van der Waals surface area contributed by atoms with Crippen molar-refractivity contribution in [3.8, 4) is 5.75 Å². The van der Waals surface area contributed by atoms with E-state index >= 15 is 0 Å². The zero-order valence-corrected chi connectivity index (χ0v) is 11.7. The average Bonchev–Trinajstić information content (AvgIpc) is 2.30. The molecule has 1 aromatic carbocycles. The van der Waals surface area contributed by atoms with E-state index < -0.39 is 0 Å². The van der Waals surface area contributed by atoms with Gasteiger partial charge in [0.2, 0.25) is 0 Å². The molecule has 18 heavy (non-hydrogen) atoms. The molecule has 0 saturated heterocycles. The molecule has 2 nitrogen and oxygen atoms in total. The van der Waals surface area contributed by atoms with Crippen molar-refractivity contribution in [1.29, 1.82) is 0 Å². The summed E-state index contributed by atoms with van der Waals surface area (Å²) in [6, 6.07) is 8.71. The maximum atomic E-state index is 9.71. The summed E-state index contributed by atoms with van der Waals surface area (Å²) >= 11 is 0. The Morgan fingerprint density at radius 2 is 1.72 bits per heavy atom. The zero-order valence-electron chi connectivity index (χ0n) is 11.7. The number of aliphatic hydroxyl groups is 1. The summed E-state index contributed by atoms with van der Waals surface area (Å²) in [6.07, 6.45) is 3.52. The molecular weight excluding hydrogens is 224 g/mol. The predicted octanol–water partition coefficient (Wildman–Crippen LogP) is 3.83. The van der Waals surface area contributed by atoms with Gasteiger partial charge >= 0.3 is 0 Å². The zero-order chi connectivity index (χ0) is 13.5. The van der Waals surface area contributed by atoms with Gasteiger partial charge in [0.05, 0.1) is 6.10 Å². The van der Waals surface area contributed by atoms with Crippen LogP contribution in [0.2, 0.25) is 0 Å². The third-order valence-electron chi connectivity index (χ3n) is 3.74. The van der Waals surface area contributed by atoms with Crippen LogP contribution in [0.3, 0.4) is 0 Å². The standard InChI is InChI=1S/C10H20O.C6H6O/c1-7(2)9-5-4-8(3)6-10(9)11;7-6-4-2-1-3-5-6/h7-11H,4-6H2,1-3H3;1-5,7H. The molecule has 0 aromatic heterocycles. The summed E-state index contributed by atoms with van der Waals surface area (Å²) in [5.41, 5.74) is 0. The molecule has 102 valence electrons. The molecule has 1 aliphatic carbocycles. The minimum Gasteiger partial charge on any atom is -0.508 e. The molecule has 1 aliphatic rings. The maximum Gasteiger partial charge on any atom is 0.115 e. The summed E-state index contributed by atoms with van der Waals surface area (Å²) in [5, 5.41) is 18.3. The highest BCUT2D eigenvalue weighted by Crippen LogP contribution is 2.33. The second-order valence-electron chi connectivity index (χ2n) is 5.73. The topological polar surface area (TPSA) is 40.5 Å². The van der Waals surface area contributed by atoms with Crippen LogP contribution in [-0.2, 0) is 0 Å². The number of para-hydroxylation sites is 1. The molecule has 2 N–H and O–H groups in total. The van der Waals surface area contributed by atoms with Gasteiger partial charge in [-0.3, -0.25) is 0 Å². The van der Waals surface area contributed by atoms with Crippen molar-refractivity contribution in [2.24, 2.45) is 17.8 Å². The monoisotopic (exact) mass is 250 g/mol. The first-order valence-corrected chi connectivity index (χ1v) is 6.92. The van der Waals surface area contributed by atoms with Crippen LogP contribution in [0, 0.1) is 17.8 Å². The lowest BCUT2D eigenvalue weighted by Crippen LogP contribution is -2.31. The molecule has 0 amide bonds. The van der Waals surface area contributed by atoms with E-state index in [0.29, 0.717) is 17.6 Å². The smallest absolute Gasteiger partial charge is 0.115 e. The van der Waals surface area contributed by atoms with Crippen molar-refractivity contribution in [2.75, 3.05) is 0 Å². The molecule has 0 radical (unpaired) electrons. The largest absolute Gasteiger partial charge is 0.508 e. The van der Waals surface area contributed by atoms with E-state index in [2.05, 4.69) is 20.8 Å². The fraction of sp³-hybridized carbons (Fsp3) is 0.625. The van der Waals surface area contributed by atoms with Crippen molar-refractivity contribution < 1.29 is 10.2 Å². The molecule has 3 atom stereocenters. The number of rotatable bonds is 1. The van der Waals surface area contributed by atoms with Crippen molar-refractivity contribution in [3.63, 3.8) is 0 Å². The van der Waals surface area contributed by atoms with Gasteiger partial charge < -0.3 is 10.2 Å². The van der Waals surface area contributed by atoms with Crippen LogP contribution in [0.5, 0.6) is 5.75 Å². The summed E-state index contributed by atoms with van der Waals surface area (Å²) in [4.78, 5) is 0. The second-order valence-corrected chi connectivity index (χ2v) is 5.73. The van der Waals surface area contributed by atoms with E-state index in [1.807, 2.05) is 6.07 Å². The van der Waals surface area contributed by atoms with E-state index in [1.54, 1.807) is 24.3 Å². The van der Waals surface area contributed by atoms with Gasteiger partial charge in [-0.25, -0.2) is 0 Å². The van der Waals surface area contributed by atoms with E-state index in [1.165, 1.54) is 12.8 Å². The van der Waals surface area contributed by atoms with Crippen molar-refractivity contribution in [3.05, 3.63) is 30.3 Å². The Kier molecular flexibility index (Phi) is 6.20. The second kappa shape index (κ2) is 7.42. The van der Waals surface area contributed by atoms with Crippen LogP contribution < -0.4 is 0 Å². The Labute approximate surface area is 111 Å². The maximum absolute atomic E-state index is 9.71. The number of phenolic OH excluding ortho intramolecular Hbond substituents is 1. The fourth-order valence-electron chi connectivity index (χ4n) is 2.58. The van der Waals surface area contributed by atoms with Crippen LogP contribution in [0.1, 0.15) is 40.0 Å². The summed E-state index contributed by atoms with van der Waals surface area (Å²) in [7, 11) is 0. The van der Waals surface area contributed by atoms with Crippen LogP contribution >= 0.6 is 0 Å². The van der Waals surface area contributed by atoms with E-state index in [0.717, 1.165) is 12.3 Å². The van der Waals surface area contributed by atoms with Crippen LogP contribution in [-0.4, -0.2) is 16.3 Å². The van der Waals surface area contributed by atoms with Gasteiger partial charge in [0.25, 0.3) is 0 Å². The highest BCUT2D eigenvalue weighted by molar-refractivity contribution is 5.18. The summed E-state index contributed by atoms with van der Waals surface area (Å²) in [5.74, 6) is 2.27. The first-order chi connectivity index (χ1) is 8.50. The molecule has 2 rings (SSSR count). The average molecular weight is 250 g/mol. The van der Waals surface area contributed by atoms with Gasteiger partial charge in [-0.2, -0.15) is 0 Å². The van der Waals surface area contributed by atoms with Gasteiger partial charge in [0.15, 0.2) is 0 Å². The van der Waals surface area contributed by atoms with Crippen LogP contribution in [0.15, 0.2) is 30.3 Å². The lowest BCUT2D eigenvalue weighted by atomic mass is 9.75.